The third-order valence-electron chi connectivity index (χ3n) is 3.56. The summed E-state index contributed by atoms with van der Waals surface area (Å²) in [6.45, 7) is 4.97. The summed E-state index contributed by atoms with van der Waals surface area (Å²) in [7, 11) is 0. The van der Waals surface area contributed by atoms with E-state index in [-0.39, 0.29) is 5.92 Å². The Hall–Kier alpha value is -2.01. The zero-order chi connectivity index (χ0) is 14.7. The molecule has 1 aromatic carbocycles. The van der Waals surface area contributed by atoms with Crippen molar-refractivity contribution in [2.75, 3.05) is 0 Å². The number of aromatic nitrogens is 4. The Morgan fingerprint density at radius 1 is 1.24 bits per heavy atom. The highest BCUT2D eigenvalue weighted by Crippen LogP contribution is 2.21. The standard InChI is InChI=1S/C16H18N4S/c1-3-14-11-21-16(17-14)10-20-9-15(18-19-20)12(2)13-7-5-4-6-8-13/h4-9,11-12H,3,10H2,1-2H3. The lowest BCUT2D eigenvalue weighted by molar-refractivity contribution is 0.645. The highest BCUT2D eigenvalue weighted by Gasteiger charge is 2.12. The van der Waals surface area contributed by atoms with E-state index < -0.39 is 0 Å². The molecule has 0 saturated heterocycles. The van der Waals surface area contributed by atoms with Crippen molar-refractivity contribution in [3.63, 3.8) is 0 Å². The van der Waals surface area contributed by atoms with Crippen molar-refractivity contribution in [3.05, 3.63) is 63.9 Å². The van der Waals surface area contributed by atoms with Crippen LogP contribution >= 0.6 is 11.3 Å². The fourth-order valence-electron chi connectivity index (χ4n) is 2.22. The molecule has 0 saturated carbocycles. The molecule has 2 aromatic heterocycles. The molecule has 3 aromatic rings. The summed E-state index contributed by atoms with van der Waals surface area (Å²) in [5.41, 5.74) is 3.40. The van der Waals surface area contributed by atoms with Crippen LogP contribution in [-0.4, -0.2) is 20.0 Å². The maximum absolute atomic E-state index is 4.57. The molecule has 3 rings (SSSR count). The molecular weight excluding hydrogens is 280 g/mol. The van der Waals surface area contributed by atoms with Gasteiger partial charge in [0, 0.05) is 17.5 Å². The molecule has 1 atom stereocenters. The molecule has 108 valence electrons. The Bertz CT molecular complexity index is 702. The molecule has 0 bridgehead atoms. The van der Waals surface area contributed by atoms with Gasteiger partial charge in [0.2, 0.25) is 0 Å². The predicted octanol–water partition coefficient (Wildman–Crippen LogP) is 3.50. The van der Waals surface area contributed by atoms with Gasteiger partial charge in [-0.15, -0.1) is 16.4 Å². The van der Waals surface area contributed by atoms with Gasteiger partial charge in [0.25, 0.3) is 0 Å². The smallest absolute Gasteiger partial charge is 0.114 e. The van der Waals surface area contributed by atoms with E-state index >= 15 is 0 Å². The van der Waals surface area contributed by atoms with Gasteiger partial charge in [-0.25, -0.2) is 9.67 Å². The van der Waals surface area contributed by atoms with Crippen LogP contribution in [0.15, 0.2) is 41.9 Å². The molecule has 0 aliphatic carbocycles. The third kappa shape index (κ3) is 3.19. The Kier molecular flexibility index (Phi) is 4.10. The summed E-state index contributed by atoms with van der Waals surface area (Å²) in [4.78, 5) is 4.57. The lowest BCUT2D eigenvalue weighted by atomic mass is 9.99. The fraction of sp³-hybridized carbons (Fsp3) is 0.312. The summed E-state index contributed by atoms with van der Waals surface area (Å²) < 4.78 is 1.87. The van der Waals surface area contributed by atoms with Crippen LogP contribution < -0.4 is 0 Å². The number of benzene rings is 1. The van der Waals surface area contributed by atoms with Gasteiger partial charge < -0.3 is 0 Å². The highest BCUT2D eigenvalue weighted by atomic mass is 32.1. The molecule has 0 amide bonds. The maximum Gasteiger partial charge on any atom is 0.114 e. The van der Waals surface area contributed by atoms with Gasteiger partial charge in [0.15, 0.2) is 0 Å². The van der Waals surface area contributed by atoms with E-state index in [1.807, 2.05) is 16.9 Å². The number of rotatable bonds is 5. The maximum atomic E-state index is 4.57. The van der Waals surface area contributed by atoms with Gasteiger partial charge in [-0.05, 0) is 12.0 Å². The lowest BCUT2D eigenvalue weighted by Crippen LogP contribution is -2.00. The first kappa shape index (κ1) is 13.9. The SMILES string of the molecule is CCc1csc(Cn2cc(C(C)c3ccccc3)nn2)n1. The minimum atomic E-state index is 0.252. The van der Waals surface area contributed by atoms with Gasteiger partial charge in [0.05, 0.1) is 17.9 Å². The van der Waals surface area contributed by atoms with E-state index in [9.17, 15) is 0 Å². The first-order valence-corrected chi connectivity index (χ1v) is 8.02. The zero-order valence-electron chi connectivity index (χ0n) is 12.2. The van der Waals surface area contributed by atoms with Gasteiger partial charge in [-0.3, -0.25) is 0 Å². The normalized spacial score (nSPS) is 12.5. The van der Waals surface area contributed by atoms with Gasteiger partial charge in [-0.1, -0.05) is 49.4 Å². The summed E-state index contributed by atoms with van der Waals surface area (Å²) >= 11 is 1.68. The molecule has 1 unspecified atom stereocenters. The van der Waals surface area contributed by atoms with Crippen molar-refractivity contribution in [2.45, 2.75) is 32.7 Å². The summed E-state index contributed by atoms with van der Waals surface area (Å²) in [6.07, 6.45) is 2.99. The Labute approximate surface area is 128 Å². The molecule has 0 fully saturated rings. The van der Waals surface area contributed by atoms with Crippen LogP contribution in [0.4, 0.5) is 0 Å². The van der Waals surface area contributed by atoms with Crippen LogP contribution in [0.25, 0.3) is 0 Å². The van der Waals surface area contributed by atoms with E-state index in [2.05, 4.69) is 58.8 Å². The average Bonchev–Trinajstić information content (AvgIpc) is 3.17. The molecule has 0 spiro atoms. The van der Waals surface area contributed by atoms with Crippen molar-refractivity contribution in [3.8, 4) is 0 Å². The van der Waals surface area contributed by atoms with Crippen LogP contribution in [0.1, 0.15) is 41.7 Å². The Morgan fingerprint density at radius 2 is 2.05 bits per heavy atom. The first-order valence-electron chi connectivity index (χ1n) is 7.14. The third-order valence-corrected chi connectivity index (χ3v) is 4.44. The predicted molar refractivity (Wildman–Crippen MR) is 84.6 cm³/mol. The molecule has 5 heteroatoms. The average molecular weight is 298 g/mol. The highest BCUT2D eigenvalue weighted by molar-refractivity contribution is 7.09. The summed E-state index contributed by atoms with van der Waals surface area (Å²) in [5.74, 6) is 0.252. The number of hydrogen-bond acceptors (Lipinski definition) is 4. The number of thiazole rings is 1. The van der Waals surface area contributed by atoms with E-state index in [0.717, 1.165) is 22.8 Å². The quantitative estimate of drug-likeness (QED) is 0.724. The van der Waals surface area contributed by atoms with E-state index in [0.29, 0.717) is 6.54 Å². The van der Waals surface area contributed by atoms with Crippen molar-refractivity contribution in [1.82, 2.24) is 20.0 Å². The first-order chi connectivity index (χ1) is 10.3. The summed E-state index contributed by atoms with van der Waals surface area (Å²) in [6, 6.07) is 10.4. The molecule has 4 nitrogen and oxygen atoms in total. The van der Waals surface area contributed by atoms with Crippen LogP contribution in [0.5, 0.6) is 0 Å². The molecular formula is C16H18N4S. The molecule has 0 N–H and O–H groups in total. The second-order valence-electron chi connectivity index (χ2n) is 5.06. The minimum Gasteiger partial charge on any atom is -0.245 e. The Balaban J connectivity index is 1.74. The van der Waals surface area contributed by atoms with Crippen molar-refractivity contribution in [1.29, 1.82) is 0 Å². The minimum absolute atomic E-state index is 0.252. The lowest BCUT2D eigenvalue weighted by Gasteiger charge is -2.07. The van der Waals surface area contributed by atoms with Crippen LogP contribution in [0.2, 0.25) is 0 Å². The number of aryl methyl sites for hydroxylation is 1. The van der Waals surface area contributed by atoms with E-state index in [4.69, 9.17) is 0 Å². The van der Waals surface area contributed by atoms with Crippen LogP contribution in [-0.2, 0) is 13.0 Å². The molecule has 2 heterocycles. The van der Waals surface area contributed by atoms with Crippen molar-refractivity contribution < 1.29 is 0 Å². The number of nitrogens with zero attached hydrogens (tertiary/aromatic N) is 4. The number of hydrogen-bond donors (Lipinski definition) is 0. The van der Waals surface area contributed by atoms with E-state index in [1.165, 1.54) is 5.56 Å². The molecule has 0 aliphatic rings. The Morgan fingerprint density at radius 3 is 2.76 bits per heavy atom. The summed E-state index contributed by atoms with van der Waals surface area (Å²) in [5, 5.41) is 11.7. The monoisotopic (exact) mass is 298 g/mol. The molecule has 21 heavy (non-hydrogen) atoms. The van der Waals surface area contributed by atoms with Crippen molar-refractivity contribution >= 4 is 11.3 Å². The van der Waals surface area contributed by atoms with Gasteiger partial charge in [-0.2, -0.15) is 0 Å². The van der Waals surface area contributed by atoms with Gasteiger partial charge in [0.1, 0.15) is 5.01 Å². The van der Waals surface area contributed by atoms with Crippen LogP contribution in [0.3, 0.4) is 0 Å². The van der Waals surface area contributed by atoms with Gasteiger partial charge >= 0.3 is 0 Å². The van der Waals surface area contributed by atoms with Crippen LogP contribution in [0, 0.1) is 0 Å². The second kappa shape index (κ2) is 6.18. The van der Waals surface area contributed by atoms with Crippen molar-refractivity contribution in [2.24, 2.45) is 0 Å². The zero-order valence-corrected chi connectivity index (χ0v) is 13.0. The molecule has 0 radical (unpaired) electrons. The molecule has 0 aliphatic heterocycles. The van der Waals surface area contributed by atoms with E-state index in [1.54, 1.807) is 11.3 Å². The topological polar surface area (TPSA) is 43.6 Å². The second-order valence-corrected chi connectivity index (χ2v) is 6.00. The largest absolute Gasteiger partial charge is 0.245 e. The fourth-order valence-corrected chi connectivity index (χ4v) is 3.09.